The van der Waals surface area contributed by atoms with Crippen LogP contribution in [0.3, 0.4) is 0 Å². The van der Waals surface area contributed by atoms with Gasteiger partial charge in [-0.15, -0.1) is 0 Å². The molecule has 1 N–H and O–H groups in total. The smallest absolute Gasteiger partial charge is 0.0737 e. The van der Waals surface area contributed by atoms with E-state index in [9.17, 15) is 0 Å². The van der Waals surface area contributed by atoms with Crippen LogP contribution in [-0.4, -0.2) is 11.5 Å². The second-order valence-electron chi connectivity index (χ2n) is 6.56. The first-order valence-electron chi connectivity index (χ1n) is 7.54. The van der Waals surface area contributed by atoms with Crippen LogP contribution >= 0.6 is 0 Å². The maximum absolute atomic E-state index is 4.91. The van der Waals surface area contributed by atoms with Gasteiger partial charge in [-0.05, 0) is 37.1 Å². The summed E-state index contributed by atoms with van der Waals surface area (Å²) in [5, 5.41) is 4.79. The molecule has 2 rings (SSSR count). The summed E-state index contributed by atoms with van der Waals surface area (Å²) in [6.45, 7) is 13.0. The van der Waals surface area contributed by atoms with Crippen molar-refractivity contribution >= 4 is 10.9 Å². The van der Waals surface area contributed by atoms with E-state index in [0.717, 1.165) is 25.0 Å². The molecule has 1 heterocycles. The van der Waals surface area contributed by atoms with Crippen molar-refractivity contribution in [2.75, 3.05) is 6.54 Å². The summed E-state index contributed by atoms with van der Waals surface area (Å²) >= 11 is 0. The molecule has 0 saturated heterocycles. The van der Waals surface area contributed by atoms with Gasteiger partial charge in [0.25, 0.3) is 0 Å². The average Bonchev–Trinajstić information content (AvgIpc) is 2.38. The van der Waals surface area contributed by atoms with Gasteiger partial charge in [-0.3, -0.25) is 4.98 Å². The number of nitrogens with zero attached hydrogens (tertiary/aromatic N) is 1. The number of aryl methyl sites for hydroxylation is 1. The third-order valence-corrected chi connectivity index (χ3v) is 3.64. The first-order chi connectivity index (χ1) is 9.43. The first kappa shape index (κ1) is 15.0. The average molecular weight is 270 g/mol. The standard InChI is InChI=1S/C18H26N2/c1-6-10-19-12-14-11-16(18(3,4)5)20-17-13(2)8-7-9-15(14)17/h7-9,11,19H,6,10,12H2,1-5H3. The molecule has 108 valence electrons. The number of aromatic nitrogens is 1. The van der Waals surface area contributed by atoms with E-state index in [0.29, 0.717) is 0 Å². The van der Waals surface area contributed by atoms with Gasteiger partial charge in [0.05, 0.1) is 5.52 Å². The van der Waals surface area contributed by atoms with Gasteiger partial charge >= 0.3 is 0 Å². The van der Waals surface area contributed by atoms with Gasteiger partial charge in [0.15, 0.2) is 0 Å². The van der Waals surface area contributed by atoms with Crippen molar-refractivity contribution in [1.29, 1.82) is 0 Å². The summed E-state index contributed by atoms with van der Waals surface area (Å²) in [4.78, 5) is 4.91. The number of nitrogens with one attached hydrogen (secondary N) is 1. The molecule has 0 radical (unpaired) electrons. The van der Waals surface area contributed by atoms with Gasteiger partial charge in [-0.1, -0.05) is 45.9 Å². The fourth-order valence-corrected chi connectivity index (χ4v) is 2.39. The number of pyridine rings is 1. The molecule has 0 bridgehead atoms. The molecular weight excluding hydrogens is 244 g/mol. The summed E-state index contributed by atoms with van der Waals surface area (Å²) in [5.74, 6) is 0. The van der Waals surface area contributed by atoms with Gasteiger partial charge in [-0.25, -0.2) is 0 Å². The van der Waals surface area contributed by atoms with E-state index < -0.39 is 0 Å². The molecule has 2 aromatic rings. The summed E-state index contributed by atoms with van der Waals surface area (Å²) < 4.78 is 0. The summed E-state index contributed by atoms with van der Waals surface area (Å²) in [7, 11) is 0. The molecule has 0 atom stereocenters. The third kappa shape index (κ3) is 3.18. The predicted octanol–water partition coefficient (Wildman–Crippen LogP) is 4.34. The molecule has 2 heteroatoms. The zero-order valence-electron chi connectivity index (χ0n) is 13.4. The predicted molar refractivity (Wildman–Crippen MR) is 87.2 cm³/mol. The van der Waals surface area contributed by atoms with E-state index in [1.54, 1.807) is 0 Å². The van der Waals surface area contributed by atoms with Gasteiger partial charge in [0.1, 0.15) is 0 Å². The zero-order valence-corrected chi connectivity index (χ0v) is 13.4. The Labute approximate surface area is 122 Å². The molecule has 0 unspecified atom stereocenters. The van der Waals surface area contributed by atoms with Crippen molar-refractivity contribution in [1.82, 2.24) is 10.3 Å². The second kappa shape index (κ2) is 5.92. The quantitative estimate of drug-likeness (QED) is 0.836. The molecule has 0 amide bonds. The van der Waals surface area contributed by atoms with Crippen molar-refractivity contribution in [3.05, 3.63) is 41.1 Å². The highest BCUT2D eigenvalue weighted by atomic mass is 14.8. The molecule has 0 fully saturated rings. The lowest BCUT2D eigenvalue weighted by Crippen LogP contribution is -2.18. The van der Waals surface area contributed by atoms with Crippen LogP contribution < -0.4 is 5.32 Å². The van der Waals surface area contributed by atoms with Crippen LogP contribution in [0.1, 0.15) is 50.9 Å². The van der Waals surface area contributed by atoms with Crippen LogP contribution in [0.5, 0.6) is 0 Å². The highest BCUT2D eigenvalue weighted by Gasteiger charge is 2.18. The van der Waals surface area contributed by atoms with Gasteiger partial charge in [0, 0.05) is 23.0 Å². The van der Waals surface area contributed by atoms with E-state index in [1.165, 1.54) is 22.2 Å². The van der Waals surface area contributed by atoms with E-state index in [2.05, 4.69) is 64.2 Å². The maximum atomic E-state index is 4.91. The molecule has 20 heavy (non-hydrogen) atoms. The maximum Gasteiger partial charge on any atom is 0.0737 e. The molecule has 1 aromatic heterocycles. The Morgan fingerprint density at radius 3 is 2.60 bits per heavy atom. The Morgan fingerprint density at radius 2 is 1.95 bits per heavy atom. The highest BCUT2D eigenvalue weighted by molar-refractivity contribution is 5.85. The minimum absolute atomic E-state index is 0.0793. The number of rotatable bonds is 4. The normalized spacial score (nSPS) is 12.1. The van der Waals surface area contributed by atoms with Gasteiger partial charge in [0.2, 0.25) is 0 Å². The Morgan fingerprint density at radius 1 is 1.20 bits per heavy atom. The van der Waals surface area contributed by atoms with Crippen LogP contribution in [0.25, 0.3) is 10.9 Å². The molecule has 0 aliphatic heterocycles. The number of hydrogen-bond acceptors (Lipinski definition) is 2. The summed E-state index contributed by atoms with van der Waals surface area (Å²) in [5.41, 5.74) is 5.01. The molecule has 1 aromatic carbocycles. The van der Waals surface area contributed by atoms with E-state index in [-0.39, 0.29) is 5.41 Å². The van der Waals surface area contributed by atoms with Crippen LogP contribution in [0.2, 0.25) is 0 Å². The minimum Gasteiger partial charge on any atom is -0.313 e. The molecule has 0 aliphatic rings. The van der Waals surface area contributed by atoms with Crippen molar-refractivity contribution in [3.63, 3.8) is 0 Å². The number of para-hydroxylation sites is 1. The molecule has 0 aliphatic carbocycles. The lowest BCUT2D eigenvalue weighted by atomic mass is 9.89. The van der Waals surface area contributed by atoms with E-state index in [4.69, 9.17) is 4.98 Å². The lowest BCUT2D eigenvalue weighted by Gasteiger charge is -2.21. The largest absolute Gasteiger partial charge is 0.313 e. The van der Waals surface area contributed by atoms with Crippen LogP contribution in [-0.2, 0) is 12.0 Å². The van der Waals surface area contributed by atoms with Gasteiger partial charge in [-0.2, -0.15) is 0 Å². The van der Waals surface area contributed by atoms with Crippen molar-refractivity contribution in [3.8, 4) is 0 Å². The number of hydrogen-bond donors (Lipinski definition) is 1. The fraction of sp³-hybridized carbons (Fsp3) is 0.500. The molecule has 0 saturated carbocycles. The Bertz CT molecular complexity index is 594. The SMILES string of the molecule is CCCNCc1cc(C(C)(C)C)nc2c(C)cccc12. The van der Waals surface area contributed by atoms with Gasteiger partial charge < -0.3 is 5.32 Å². The summed E-state index contributed by atoms with van der Waals surface area (Å²) in [6, 6.07) is 8.72. The van der Waals surface area contributed by atoms with Crippen molar-refractivity contribution < 1.29 is 0 Å². The molecular formula is C18H26N2. The minimum atomic E-state index is 0.0793. The van der Waals surface area contributed by atoms with Crippen LogP contribution in [0.15, 0.2) is 24.3 Å². The Balaban J connectivity index is 2.55. The highest BCUT2D eigenvalue weighted by Crippen LogP contribution is 2.27. The van der Waals surface area contributed by atoms with E-state index in [1.807, 2.05) is 0 Å². The van der Waals surface area contributed by atoms with Crippen molar-refractivity contribution in [2.45, 2.75) is 53.0 Å². The fourth-order valence-electron chi connectivity index (χ4n) is 2.39. The Hall–Kier alpha value is -1.41. The van der Waals surface area contributed by atoms with E-state index >= 15 is 0 Å². The van der Waals surface area contributed by atoms with Crippen molar-refractivity contribution in [2.24, 2.45) is 0 Å². The molecule has 2 nitrogen and oxygen atoms in total. The van der Waals surface area contributed by atoms with Crippen LogP contribution in [0.4, 0.5) is 0 Å². The monoisotopic (exact) mass is 270 g/mol. The number of fused-ring (bicyclic) bond motifs is 1. The third-order valence-electron chi connectivity index (χ3n) is 3.64. The lowest BCUT2D eigenvalue weighted by molar-refractivity contribution is 0.569. The number of benzene rings is 1. The van der Waals surface area contributed by atoms with Crippen LogP contribution in [0, 0.1) is 6.92 Å². The summed E-state index contributed by atoms with van der Waals surface area (Å²) in [6.07, 6.45) is 1.16. The Kier molecular flexibility index (Phi) is 4.44. The first-order valence-corrected chi connectivity index (χ1v) is 7.54. The zero-order chi connectivity index (χ0) is 14.8. The second-order valence-corrected chi connectivity index (χ2v) is 6.56. The topological polar surface area (TPSA) is 24.9 Å². The molecule has 0 spiro atoms.